The third kappa shape index (κ3) is 4.26. The number of nitro benzene ring substituents is 1. The average molecular weight is 394 g/mol. The van der Waals surface area contributed by atoms with Crippen LogP contribution in [0.25, 0.3) is 0 Å². The zero-order valence-corrected chi connectivity index (χ0v) is 15.4. The molecule has 0 aromatic heterocycles. The Bertz CT molecular complexity index is 819. The number of non-ortho nitro benzene ring substituents is 1. The van der Waals surface area contributed by atoms with Gasteiger partial charge in [-0.15, -0.1) is 0 Å². The molecular weight excluding hydrogens is 377 g/mol. The minimum Gasteiger partial charge on any atom is -0.367 e. The average Bonchev–Trinajstić information content (AvgIpc) is 2.63. The molecule has 0 aliphatic carbocycles. The molecule has 6 nitrogen and oxygen atoms in total. The maximum Gasteiger partial charge on any atom is 0.271 e. The lowest BCUT2D eigenvalue weighted by Gasteiger charge is -2.36. The Balaban J connectivity index is 1.59. The van der Waals surface area contributed by atoms with Crippen molar-refractivity contribution in [1.29, 1.82) is 0 Å². The van der Waals surface area contributed by atoms with Crippen LogP contribution in [0.1, 0.15) is 5.56 Å². The van der Waals surface area contributed by atoms with Crippen molar-refractivity contribution in [3.05, 3.63) is 68.2 Å². The van der Waals surface area contributed by atoms with Gasteiger partial charge in [-0.2, -0.15) is 0 Å². The van der Waals surface area contributed by atoms with Crippen LogP contribution in [0.15, 0.2) is 42.5 Å². The van der Waals surface area contributed by atoms with Crippen molar-refractivity contribution in [2.75, 3.05) is 31.1 Å². The van der Waals surface area contributed by atoms with E-state index in [1.54, 1.807) is 18.2 Å². The Labute approximate surface area is 161 Å². The second-order valence-corrected chi connectivity index (χ2v) is 6.91. The van der Waals surface area contributed by atoms with Crippen LogP contribution < -0.4 is 4.90 Å². The number of amides is 1. The van der Waals surface area contributed by atoms with Gasteiger partial charge in [0.25, 0.3) is 5.69 Å². The molecule has 8 heteroatoms. The minimum absolute atomic E-state index is 0.0319. The summed E-state index contributed by atoms with van der Waals surface area (Å²) in [4.78, 5) is 26.7. The van der Waals surface area contributed by atoms with E-state index in [1.165, 1.54) is 12.1 Å². The molecule has 1 amide bonds. The van der Waals surface area contributed by atoms with Gasteiger partial charge in [0.15, 0.2) is 0 Å². The van der Waals surface area contributed by atoms with Gasteiger partial charge < -0.3 is 9.80 Å². The molecule has 1 aliphatic heterocycles. The van der Waals surface area contributed by atoms with Gasteiger partial charge in [-0.05, 0) is 23.8 Å². The highest BCUT2D eigenvalue weighted by molar-refractivity contribution is 6.33. The van der Waals surface area contributed by atoms with E-state index in [1.807, 2.05) is 21.9 Å². The predicted octanol–water partition coefficient (Wildman–Crippen LogP) is 3.79. The van der Waals surface area contributed by atoms with Crippen molar-refractivity contribution in [3.63, 3.8) is 0 Å². The zero-order valence-electron chi connectivity index (χ0n) is 13.9. The molecule has 1 heterocycles. The summed E-state index contributed by atoms with van der Waals surface area (Å²) < 4.78 is 0. The Hall–Kier alpha value is -2.31. The van der Waals surface area contributed by atoms with Gasteiger partial charge in [-0.3, -0.25) is 14.9 Å². The zero-order chi connectivity index (χ0) is 18.7. The van der Waals surface area contributed by atoms with E-state index in [-0.39, 0.29) is 11.6 Å². The monoisotopic (exact) mass is 393 g/mol. The fourth-order valence-corrected chi connectivity index (χ4v) is 3.37. The van der Waals surface area contributed by atoms with Crippen LogP contribution in [0.4, 0.5) is 11.4 Å². The van der Waals surface area contributed by atoms with Crippen molar-refractivity contribution >= 4 is 40.5 Å². The summed E-state index contributed by atoms with van der Waals surface area (Å²) in [6.45, 7) is 2.42. The summed E-state index contributed by atoms with van der Waals surface area (Å²) in [7, 11) is 0. The lowest BCUT2D eigenvalue weighted by molar-refractivity contribution is -0.384. The molecule has 0 bridgehead atoms. The standard InChI is InChI=1S/C18H17Cl2N3O3/c19-14-3-1-13(2-4-14)11-18(24)22-9-7-21(8-10-22)17-6-5-15(23(25)26)12-16(17)20/h1-6,12H,7-11H2. The van der Waals surface area contributed by atoms with Crippen molar-refractivity contribution in [1.82, 2.24) is 4.90 Å². The van der Waals surface area contributed by atoms with Gasteiger partial charge in [0, 0.05) is 43.3 Å². The SMILES string of the molecule is O=C(Cc1ccc(Cl)cc1)N1CCN(c2ccc([N+](=O)[O-])cc2Cl)CC1. The number of hydrogen-bond acceptors (Lipinski definition) is 4. The molecule has 136 valence electrons. The highest BCUT2D eigenvalue weighted by Crippen LogP contribution is 2.30. The van der Waals surface area contributed by atoms with E-state index in [2.05, 4.69) is 0 Å². The van der Waals surface area contributed by atoms with Gasteiger partial charge in [-0.1, -0.05) is 35.3 Å². The molecule has 1 aliphatic rings. The predicted molar refractivity (Wildman–Crippen MR) is 102 cm³/mol. The van der Waals surface area contributed by atoms with Crippen molar-refractivity contribution in [3.8, 4) is 0 Å². The molecular formula is C18H17Cl2N3O3. The topological polar surface area (TPSA) is 66.7 Å². The smallest absolute Gasteiger partial charge is 0.271 e. The van der Waals surface area contributed by atoms with Crippen molar-refractivity contribution in [2.24, 2.45) is 0 Å². The lowest BCUT2D eigenvalue weighted by atomic mass is 10.1. The maximum atomic E-state index is 12.5. The normalized spacial score (nSPS) is 14.4. The third-order valence-electron chi connectivity index (χ3n) is 4.38. The molecule has 2 aromatic rings. The Morgan fingerprint density at radius 2 is 1.69 bits per heavy atom. The van der Waals surface area contributed by atoms with Crippen LogP contribution in [0.3, 0.4) is 0 Å². The van der Waals surface area contributed by atoms with Gasteiger partial charge in [0.05, 0.1) is 22.1 Å². The fraction of sp³-hybridized carbons (Fsp3) is 0.278. The van der Waals surface area contributed by atoms with E-state index >= 15 is 0 Å². The van der Waals surface area contributed by atoms with Crippen molar-refractivity contribution < 1.29 is 9.72 Å². The molecule has 0 N–H and O–H groups in total. The van der Waals surface area contributed by atoms with Gasteiger partial charge >= 0.3 is 0 Å². The van der Waals surface area contributed by atoms with Crippen LogP contribution >= 0.6 is 23.2 Å². The summed E-state index contributed by atoms with van der Waals surface area (Å²) in [5.74, 6) is 0.0711. The van der Waals surface area contributed by atoms with E-state index < -0.39 is 4.92 Å². The molecule has 1 saturated heterocycles. The highest BCUT2D eigenvalue weighted by Gasteiger charge is 2.23. The number of nitrogens with zero attached hydrogens (tertiary/aromatic N) is 3. The number of carbonyl (C=O) groups is 1. The second-order valence-electron chi connectivity index (χ2n) is 6.06. The third-order valence-corrected chi connectivity index (χ3v) is 4.94. The number of anilines is 1. The van der Waals surface area contributed by atoms with E-state index in [9.17, 15) is 14.9 Å². The van der Waals surface area contributed by atoms with Crippen LogP contribution in [0.2, 0.25) is 10.0 Å². The maximum absolute atomic E-state index is 12.5. The fourth-order valence-electron chi connectivity index (χ4n) is 2.95. The summed E-state index contributed by atoms with van der Waals surface area (Å²) in [5, 5.41) is 11.8. The minimum atomic E-state index is -0.469. The number of piperazine rings is 1. The van der Waals surface area contributed by atoms with Crippen LogP contribution in [-0.4, -0.2) is 41.9 Å². The first-order valence-corrected chi connectivity index (χ1v) is 8.91. The Morgan fingerprint density at radius 1 is 1.04 bits per heavy atom. The van der Waals surface area contributed by atoms with Gasteiger partial charge in [-0.25, -0.2) is 0 Å². The number of halogens is 2. The summed E-state index contributed by atoms with van der Waals surface area (Å²) in [6, 6.07) is 11.7. The molecule has 3 rings (SSSR count). The Kier molecular flexibility index (Phi) is 5.64. The van der Waals surface area contributed by atoms with E-state index in [0.29, 0.717) is 42.6 Å². The second kappa shape index (κ2) is 7.93. The molecule has 0 atom stereocenters. The number of benzene rings is 2. The number of carbonyl (C=O) groups excluding carboxylic acids is 1. The van der Waals surface area contributed by atoms with Crippen LogP contribution in [-0.2, 0) is 11.2 Å². The lowest BCUT2D eigenvalue weighted by Crippen LogP contribution is -2.49. The molecule has 0 unspecified atom stereocenters. The quantitative estimate of drug-likeness (QED) is 0.585. The molecule has 0 spiro atoms. The van der Waals surface area contributed by atoms with Crippen LogP contribution in [0.5, 0.6) is 0 Å². The van der Waals surface area contributed by atoms with Gasteiger partial charge in [0.2, 0.25) is 5.91 Å². The van der Waals surface area contributed by atoms with E-state index in [0.717, 1.165) is 11.3 Å². The molecule has 2 aromatic carbocycles. The first kappa shape index (κ1) is 18.5. The summed E-state index contributed by atoms with van der Waals surface area (Å²) in [6.07, 6.45) is 0.343. The molecule has 26 heavy (non-hydrogen) atoms. The Morgan fingerprint density at radius 3 is 2.27 bits per heavy atom. The first-order chi connectivity index (χ1) is 12.4. The molecule has 0 radical (unpaired) electrons. The number of nitro groups is 1. The van der Waals surface area contributed by atoms with Gasteiger partial charge in [0.1, 0.15) is 0 Å². The summed E-state index contributed by atoms with van der Waals surface area (Å²) in [5.41, 5.74) is 1.65. The van der Waals surface area contributed by atoms with E-state index in [4.69, 9.17) is 23.2 Å². The van der Waals surface area contributed by atoms with Crippen molar-refractivity contribution in [2.45, 2.75) is 6.42 Å². The number of rotatable bonds is 4. The highest BCUT2D eigenvalue weighted by atomic mass is 35.5. The first-order valence-electron chi connectivity index (χ1n) is 8.15. The molecule has 0 saturated carbocycles. The summed E-state index contributed by atoms with van der Waals surface area (Å²) >= 11 is 12.1. The molecule has 1 fully saturated rings. The largest absolute Gasteiger partial charge is 0.367 e. The number of hydrogen-bond donors (Lipinski definition) is 0. The van der Waals surface area contributed by atoms with Crippen LogP contribution in [0, 0.1) is 10.1 Å².